The highest BCUT2D eigenvalue weighted by molar-refractivity contribution is 5.80. The molecule has 0 aromatic heterocycles. The molecular formula is C20H28O3. The molecule has 3 nitrogen and oxygen atoms in total. The Morgan fingerprint density at radius 2 is 2.04 bits per heavy atom. The Balaban J connectivity index is 2.65. The SMILES string of the molecule is CCOc1cc2c(cc1/C(C)=C/CO)C(C(C)C)=CC(C)(C)O2. The third kappa shape index (κ3) is 3.78. The van der Waals surface area contributed by atoms with Gasteiger partial charge in [-0.25, -0.2) is 0 Å². The van der Waals surface area contributed by atoms with Crippen molar-refractivity contribution in [3.05, 3.63) is 35.4 Å². The predicted molar refractivity (Wildman–Crippen MR) is 95.9 cm³/mol. The molecule has 23 heavy (non-hydrogen) atoms. The Bertz CT molecular complexity index is 637. The van der Waals surface area contributed by atoms with Crippen molar-refractivity contribution in [3.8, 4) is 11.5 Å². The van der Waals surface area contributed by atoms with E-state index in [0.29, 0.717) is 12.5 Å². The number of hydrogen-bond donors (Lipinski definition) is 1. The zero-order valence-corrected chi connectivity index (χ0v) is 15.1. The molecule has 0 spiro atoms. The molecule has 0 saturated heterocycles. The van der Waals surface area contributed by atoms with E-state index in [1.54, 1.807) is 6.08 Å². The fourth-order valence-corrected chi connectivity index (χ4v) is 2.94. The van der Waals surface area contributed by atoms with E-state index in [0.717, 1.165) is 28.2 Å². The van der Waals surface area contributed by atoms with E-state index in [9.17, 15) is 5.11 Å². The molecule has 0 amide bonds. The van der Waals surface area contributed by atoms with Crippen LogP contribution in [-0.2, 0) is 0 Å². The maximum absolute atomic E-state index is 9.21. The molecule has 2 rings (SSSR count). The van der Waals surface area contributed by atoms with E-state index in [1.807, 2.05) is 19.9 Å². The van der Waals surface area contributed by atoms with Crippen LogP contribution in [0.4, 0.5) is 0 Å². The Kier molecular flexibility index (Phi) is 5.20. The quantitative estimate of drug-likeness (QED) is 0.856. The largest absolute Gasteiger partial charge is 0.493 e. The Hall–Kier alpha value is -1.74. The molecule has 0 radical (unpaired) electrons. The van der Waals surface area contributed by atoms with Crippen LogP contribution in [0.5, 0.6) is 11.5 Å². The minimum Gasteiger partial charge on any atom is -0.493 e. The van der Waals surface area contributed by atoms with Crippen LogP contribution in [-0.4, -0.2) is 23.9 Å². The fraction of sp³-hybridized carbons (Fsp3) is 0.500. The molecule has 1 heterocycles. The average Bonchev–Trinajstić information content (AvgIpc) is 2.45. The van der Waals surface area contributed by atoms with Gasteiger partial charge in [0.25, 0.3) is 0 Å². The molecule has 0 atom stereocenters. The van der Waals surface area contributed by atoms with Crippen LogP contribution in [0.3, 0.4) is 0 Å². The second-order valence-corrected chi connectivity index (χ2v) is 6.81. The lowest BCUT2D eigenvalue weighted by Gasteiger charge is -2.33. The number of rotatable bonds is 5. The zero-order chi connectivity index (χ0) is 17.2. The third-order valence-electron chi connectivity index (χ3n) is 4.01. The van der Waals surface area contributed by atoms with Crippen molar-refractivity contribution >= 4 is 11.1 Å². The highest BCUT2D eigenvalue weighted by atomic mass is 16.5. The van der Waals surface area contributed by atoms with Crippen LogP contribution in [0.25, 0.3) is 11.1 Å². The van der Waals surface area contributed by atoms with Gasteiger partial charge in [-0.2, -0.15) is 0 Å². The number of aliphatic hydroxyl groups is 1. The normalized spacial score (nSPS) is 16.7. The van der Waals surface area contributed by atoms with Gasteiger partial charge < -0.3 is 14.6 Å². The third-order valence-corrected chi connectivity index (χ3v) is 4.01. The molecule has 0 unspecified atom stereocenters. The summed E-state index contributed by atoms with van der Waals surface area (Å²) in [5.41, 5.74) is 4.09. The Labute approximate surface area is 139 Å². The molecular weight excluding hydrogens is 288 g/mol. The predicted octanol–water partition coefficient (Wildman–Crippen LogP) is 4.69. The number of benzene rings is 1. The first kappa shape index (κ1) is 17.6. The van der Waals surface area contributed by atoms with Crippen LogP contribution in [0.2, 0.25) is 0 Å². The Morgan fingerprint density at radius 3 is 2.61 bits per heavy atom. The molecule has 0 saturated carbocycles. The molecule has 1 N–H and O–H groups in total. The second-order valence-electron chi connectivity index (χ2n) is 6.81. The monoisotopic (exact) mass is 316 g/mol. The molecule has 1 aromatic carbocycles. The van der Waals surface area contributed by atoms with Crippen molar-refractivity contribution in [2.75, 3.05) is 13.2 Å². The smallest absolute Gasteiger partial charge is 0.131 e. The molecule has 0 bridgehead atoms. The maximum Gasteiger partial charge on any atom is 0.131 e. The molecule has 1 aliphatic heterocycles. The maximum atomic E-state index is 9.21. The summed E-state index contributed by atoms with van der Waals surface area (Å²) in [5.74, 6) is 2.07. The number of ether oxygens (including phenoxy) is 2. The van der Waals surface area contributed by atoms with Gasteiger partial charge >= 0.3 is 0 Å². The van der Waals surface area contributed by atoms with Crippen molar-refractivity contribution < 1.29 is 14.6 Å². The topological polar surface area (TPSA) is 38.7 Å². The fourth-order valence-electron chi connectivity index (χ4n) is 2.94. The molecule has 1 aliphatic rings. The van der Waals surface area contributed by atoms with Crippen LogP contribution >= 0.6 is 0 Å². The van der Waals surface area contributed by atoms with E-state index in [4.69, 9.17) is 9.47 Å². The molecule has 3 heteroatoms. The summed E-state index contributed by atoms with van der Waals surface area (Å²) < 4.78 is 12.0. The van der Waals surface area contributed by atoms with Crippen LogP contribution in [0, 0.1) is 5.92 Å². The summed E-state index contributed by atoms with van der Waals surface area (Å²) in [5, 5.41) is 9.21. The van der Waals surface area contributed by atoms with E-state index < -0.39 is 0 Å². The lowest BCUT2D eigenvalue weighted by atomic mass is 9.86. The van der Waals surface area contributed by atoms with Crippen molar-refractivity contribution in [1.82, 2.24) is 0 Å². The van der Waals surface area contributed by atoms with Crippen LogP contribution < -0.4 is 9.47 Å². The molecule has 1 aromatic rings. The summed E-state index contributed by atoms with van der Waals surface area (Å²) in [6.45, 7) is 13.1. The van der Waals surface area contributed by atoms with E-state index in [2.05, 4.69) is 39.8 Å². The standard InChI is InChI=1S/C20H28O3/c1-7-22-18-11-19-16(10-15(18)14(4)8-9-21)17(13(2)3)12-20(5,6)23-19/h8,10-13,21H,7,9H2,1-6H3/b14-8+. The first-order chi connectivity index (χ1) is 10.8. The van der Waals surface area contributed by atoms with E-state index in [1.165, 1.54) is 5.57 Å². The highest BCUT2D eigenvalue weighted by Crippen LogP contribution is 2.44. The summed E-state index contributed by atoms with van der Waals surface area (Å²) in [6.07, 6.45) is 4.01. The van der Waals surface area contributed by atoms with Gasteiger partial charge in [0.1, 0.15) is 17.1 Å². The molecule has 126 valence electrons. The first-order valence-corrected chi connectivity index (χ1v) is 8.30. The average molecular weight is 316 g/mol. The van der Waals surface area contributed by atoms with Gasteiger partial charge in [-0.3, -0.25) is 0 Å². The van der Waals surface area contributed by atoms with Crippen LogP contribution in [0.15, 0.2) is 24.3 Å². The second kappa shape index (κ2) is 6.79. The lowest BCUT2D eigenvalue weighted by molar-refractivity contribution is 0.156. The van der Waals surface area contributed by atoms with Crippen molar-refractivity contribution in [3.63, 3.8) is 0 Å². The van der Waals surface area contributed by atoms with Gasteiger partial charge in [-0.05, 0) is 56.9 Å². The van der Waals surface area contributed by atoms with E-state index in [-0.39, 0.29) is 12.2 Å². The summed E-state index contributed by atoms with van der Waals surface area (Å²) in [6, 6.07) is 4.11. The van der Waals surface area contributed by atoms with Crippen molar-refractivity contribution in [1.29, 1.82) is 0 Å². The number of fused-ring (bicyclic) bond motifs is 1. The highest BCUT2D eigenvalue weighted by Gasteiger charge is 2.29. The van der Waals surface area contributed by atoms with Crippen molar-refractivity contribution in [2.45, 2.75) is 47.1 Å². The summed E-state index contributed by atoms with van der Waals surface area (Å²) >= 11 is 0. The minimum atomic E-state index is -0.326. The first-order valence-electron chi connectivity index (χ1n) is 8.30. The number of allylic oxidation sites excluding steroid dienone is 2. The number of aliphatic hydroxyl groups excluding tert-OH is 1. The minimum absolute atomic E-state index is 0.0187. The van der Waals surface area contributed by atoms with Gasteiger partial charge in [-0.1, -0.05) is 19.9 Å². The molecule has 0 aliphatic carbocycles. The molecule has 0 fully saturated rings. The van der Waals surface area contributed by atoms with Gasteiger partial charge in [0.2, 0.25) is 0 Å². The summed E-state index contributed by atoms with van der Waals surface area (Å²) in [7, 11) is 0. The van der Waals surface area contributed by atoms with Crippen molar-refractivity contribution in [2.24, 2.45) is 5.92 Å². The van der Waals surface area contributed by atoms with Gasteiger partial charge in [-0.15, -0.1) is 0 Å². The van der Waals surface area contributed by atoms with Gasteiger partial charge in [0, 0.05) is 17.2 Å². The zero-order valence-electron chi connectivity index (χ0n) is 15.1. The van der Waals surface area contributed by atoms with Crippen LogP contribution in [0.1, 0.15) is 52.7 Å². The number of hydrogen-bond acceptors (Lipinski definition) is 3. The van der Waals surface area contributed by atoms with Gasteiger partial charge in [0.05, 0.1) is 13.2 Å². The Morgan fingerprint density at radius 1 is 1.35 bits per heavy atom. The lowest BCUT2D eigenvalue weighted by Crippen LogP contribution is -2.29. The van der Waals surface area contributed by atoms with Gasteiger partial charge in [0.15, 0.2) is 0 Å². The van der Waals surface area contributed by atoms with E-state index >= 15 is 0 Å². The summed E-state index contributed by atoms with van der Waals surface area (Å²) in [4.78, 5) is 0.